The van der Waals surface area contributed by atoms with Crippen molar-refractivity contribution in [3.63, 3.8) is 0 Å². The molecular formula is C44H73NO5. The van der Waals surface area contributed by atoms with Gasteiger partial charge in [-0.05, 0) is 89.5 Å². The minimum Gasteiger partial charge on any atom is -0.480 e. The zero-order valence-corrected chi connectivity index (χ0v) is 32.0. The number of carbonyl (C=O) groups is 3. The molecule has 0 aliphatic carbocycles. The van der Waals surface area contributed by atoms with Crippen LogP contribution in [0.25, 0.3) is 0 Å². The Morgan fingerprint density at radius 2 is 1.04 bits per heavy atom. The predicted molar refractivity (Wildman–Crippen MR) is 212 cm³/mol. The quantitative estimate of drug-likeness (QED) is 0.0391. The van der Waals surface area contributed by atoms with E-state index in [1.54, 1.807) is 0 Å². The molecule has 0 heterocycles. The predicted octanol–water partition coefficient (Wildman–Crippen LogP) is 12.2. The summed E-state index contributed by atoms with van der Waals surface area (Å²) < 4.78 is 5.91. The number of ether oxygens (including phenoxy) is 1. The molecule has 6 nitrogen and oxygen atoms in total. The van der Waals surface area contributed by atoms with Crippen molar-refractivity contribution >= 4 is 17.8 Å². The highest BCUT2D eigenvalue weighted by Gasteiger charge is 2.11. The third kappa shape index (κ3) is 37.7. The van der Waals surface area contributed by atoms with Crippen LogP contribution in [-0.2, 0) is 19.1 Å². The number of carbonyl (C=O) groups excluding carboxylic acids is 2. The van der Waals surface area contributed by atoms with Gasteiger partial charge in [-0.3, -0.25) is 14.4 Å². The van der Waals surface area contributed by atoms with E-state index in [0.717, 1.165) is 109 Å². The fourth-order valence-electron chi connectivity index (χ4n) is 5.39. The molecule has 0 aromatic rings. The van der Waals surface area contributed by atoms with E-state index in [9.17, 15) is 14.4 Å². The average Bonchev–Trinajstić information content (AvgIpc) is 3.10. The van der Waals surface area contributed by atoms with Crippen LogP contribution in [0.1, 0.15) is 174 Å². The maximum Gasteiger partial charge on any atom is 0.322 e. The molecule has 0 saturated heterocycles. The second kappa shape index (κ2) is 38.6. The first-order valence-electron chi connectivity index (χ1n) is 20.1. The molecule has 0 saturated carbocycles. The van der Waals surface area contributed by atoms with Crippen LogP contribution >= 0.6 is 0 Å². The van der Waals surface area contributed by atoms with Gasteiger partial charge in [-0.2, -0.15) is 0 Å². The van der Waals surface area contributed by atoms with Gasteiger partial charge in [0.05, 0.1) is 0 Å². The number of hydrogen-bond donors (Lipinski definition) is 2. The second-order valence-corrected chi connectivity index (χ2v) is 13.2. The van der Waals surface area contributed by atoms with Crippen LogP contribution in [0, 0.1) is 0 Å². The molecule has 0 aliphatic heterocycles. The van der Waals surface area contributed by atoms with Crippen molar-refractivity contribution in [3.05, 3.63) is 72.9 Å². The van der Waals surface area contributed by atoms with Gasteiger partial charge in [0.1, 0.15) is 12.6 Å². The molecule has 0 aromatic heterocycles. The van der Waals surface area contributed by atoms with Crippen LogP contribution in [0.2, 0.25) is 0 Å². The first-order valence-corrected chi connectivity index (χ1v) is 20.1. The summed E-state index contributed by atoms with van der Waals surface area (Å²) in [4.78, 5) is 34.8. The molecule has 0 fully saturated rings. The van der Waals surface area contributed by atoms with Gasteiger partial charge >= 0.3 is 11.9 Å². The van der Waals surface area contributed by atoms with Crippen molar-refractivity contribution in [1.82, 2.24) is 5.32 Å². The lowest BCUT2D eigenvalue weighted by Gasteiger charge is -2.15. The third-order valence-corrected chi connectivity index (χ3v) is 8.35. The molecule has 0 aliphatic rings. The van der Waals surface area contributed by atoms with E-state index in [0.29, 0.717) is 12.8 Å². The van der Waals surface area contributed by atoms with Gasteiger partial charge in [0, 0.05) is 12.8 Å². The van der Waals surface area contributed by atoms with Gasteiger partial charge in [0.25, 0.3) is 0 Å². The van der Waals surface area contributed by atoms with Crippen LogP contribution in [0.5, 0.6) is 0 Å². The molecule has 0 rings (SSSR count). The van der Waals surface area contributed by atoms with Gasteiger partial charge in [-0.15, -0.1) is 0 Å². The van der Waals surface area contributed by atoms with Crippen LogP contribution in [0.15, 0.2) is 72.9 Å². The molecule has 1 atom stereocenters. The van der Waals surface area contributed by atoms with E-state index < -0.39 is 5.97 Å². The van der Waals surface area contributed by atoms with Crippen molar-refractivity contribution in [3.8, 4) is 0 Å². The molecule has 0 aromatic carbocycles. The summed E-state index contributed by atoms with van der Waals surface area (Å²) in [6, 6.07) is 0. The molecule has 284 valence electrons. The van der Waals surface area contributed by atoms with Crippen molar-refractivity contribution in [2.75, 3.05) is 6.54 Å². The standard InChI is InChI=1S/C44H73NO5/c1-3-5-7-9-11-13-14-15-16-17-18-19-20-21-22-23-25-31-35-39-44(49)50-41(36-32-28-24-12-10-8-6-4-2)37-33-29-26-27-30-34-38-42(46)45-40-43(47)48/h5,7,11,13,15-16,18-19,21-22,32,36,41H,3-4,6,8-10,12,14,17,20,23-31,33-35,37-40H2,1-2H3,(H,45,46)(H,47,48)/b7-5-,13-11-,16-15-,19-18-,22-21-,36-32-. The lowest BCUT2D eigenvalue weighted by molar-refractivity contribution is -0.147. The maximum atomic E-state index is 12.7. The van der Waals surface area contributed by atoms with Gasteiger partial charge in [-0.1, -0.05) is 145 Å². The number of hydrogen-bond acceptors (Lipinski definition) is 4. The fourth-order valence-corrected chi connectivity index (χ4v) is 5.39. The lowest BCUT2D eigenvalue weighted by atomic mass is 10.0. The van der Waals surface area contributed by atoms with E-state index in [4.69, 9.17) is 9.84 Å². The normalized spacial score (nSPS) is 12.8. The van der Waals surface area contributed by atoms with Gasteiger partial charge in [-0.25, -0.2) is 0 Å². The number of aliphatic carboxylic acids is 1. The molecule has 0 spiro atoms. The van der Waals surface area contributed by atoms with E-state index in [2.05, 4.69) is 92.1 Å². The van der Waals surface area contributed by atoms with Gasteiger partial charge in [0.2, 0.25) is 5.91 Å². The highest BCUT2D eigenvalue weighted by atomic mass is 16.5. The minimum atomic E-state index is -1.02. The van der Waals surface area contributed by atoms with Crippen molar-refractivity contribution in [1.29, 1.82) is 0 Å². The Hall–Kier alpha value is -3.15. The summed E-state index contributed by atoms with van der Waals surface area (Å²) in [5.74, 6) is -1.31. The van der Waals surface area contributed by atoms with Crippen molar-refractivity contribution in [2.45, 2.75) is 180 Å². The Morgan fingerprint density at radius 3 is 1.64 bits per heavy atom. The SMILES string of the molecule is CC/C=C\C/C=C\C/C=C\C/C=C\C/C=C\CCCCCC(=O)OC(/C=C\CCCCCCCC)CCCCCCCCC(=O)NCC(=O)O. The zero-order chi connectivity index (χ0) is 36.6. The molecule has 50 heavy (non-hydrogen) atoms. The largest absolute Gasteiger partial charge is 0.480 e. The summed E-state index contributed by atoms with van der Waals surface area (Å²) in [6.07, 6.45) is 51.8. The Balaban J connectivity index is 4.21. The molecule has 6 heteroatoms. The van der Waals surface area contributed by atoms with E-state index >= 15 is 0 Å². The molecule has 1 amide bonds. The van der Waals surface area contributed by atoms with Gasteiger partial charge in [0.15, 0.2) is 0 Å². The topological polar surface area (TPSA) is 92.7 Å². The summed E-state index contributed by atoms with van der Waals surface area (Å²) in [6.45, 7) is 4.08. The molecule has 0 bridgehead atoms. The van der Waals surface area contributed by atoms with Crippen molar-refractivity contribution < 1.29 is 24.2 Å². The Kier molecular flexibility index (Phi) is 36.2. The number of allylic oxidation sites excluding steroid dienone is 11. The number of carboxylic acid groups (broad SMARTS) is 1. The van der Waals surface area contributed by atoms with E-state index in [-0.39, 0.29) is 24.5 Å². The number of carboxylic acids is 1. The highest BCUT2D eigenvalue weighted by molar-refractivity contribution is 5.80. The Bertz CT molecular complexity index is 990. The fraction of sp³-hybridized carbons (Fsp3) is 0.659. The number of unbranched alkanes of at least 4 members (excludes halogenated alkanes) is 14. The Labute approximate surface area is 306 Å². The van der Waals surface area contributed by atoms with Gasteiger partial charge < -0.3 is 15.2 Å². The summed E-state index contributed by atoms with van der Waals surface area (Å²) in [7, 11) is 0. The number of amides is 1. The molecule has 1 unspecified atom stereocenters. The lowest BCUT2D eigenvalue weighted by Crippen LogP contribution is -2.28. The van der Waals surface area contributed by atoms with E-state index in [1.807, 2.05) is 0 Å². The van der Waals surface area contributed by atoms with Crippen LogP contribution in [0.3, 0.4) is 0 Å². The number of nitrogens with one attached hydrogen (secondary N) is 1. The average molecular weight is 696 g/mol. The summed E-state index contributed by atoms with van der Waals surface area (Å²) >= 11 is 0. The van der Waals surface area contributed by atoms with E-state index in [1.165, 1.54) is 38.5 Å². The minimum absolute atomic E-state index is 0.0877. The number of rotatable bonds is 35. The summed E-state index contributed by atoms with van der Waals surface area (Å²) in [5.41, 5.74) is 0. The monoisotopic (exact) mass is 696 g/mol. The van der Waals surface area contributed by atoms with Crippen LogP contribution in [-0.4, -0.2) is 35.6 Å². The molecule has 2 N–H and O–H groups in total. The maximum absolute atomic E-state index is 12.7. The first-order chi connectivity index (χ1) is 24.5. The third-order valence-electron chi connectivity index (χ3n) is 8.35. The highest BCUT2D eigenvalue weighted by Crippen LogP contribution is 2.15. The zero-order valence-electron chi connectivity index (χ0n) is 32.0. The molecule has 0 radical (unpaired) electrons. The van der Waals surface area contributed by atoms with Crippen molar-refractivity contribution in [2.24, 2.45) is 0 Å². The first kappa shape index (κ1) is 46.9. The molecular weight excluding hydrogens is 622 g/mol. The smallest absolute Gasteiger partial charge is 0.322 e. The second-order valence-electron chi connectivity index (χ2n) is 13.2. The Morgan fingerprint density at radius 1 is 0.560 bits per heavy atom. The summed E-state index contributed by atoms with van der Waals surface area (Å²) in [5, 5.41) is 11.0. The number of esters is 1. The van der Waals surface area contributed by atoms with Crippen LogP contribution in [0.4, 0.5) is 0 Å². The van der Waals surface area contributed by atoms with Crippen LogP contribution < -0.4 is 5.32 Å².